The van der Waals surface area contributed by atoms with Gasteiger partial charge in [-0.15, -0.1) is 6.42 Å². The highest BCUT2D eigenvalue weighted by atomic mass is 19.1. The van der Waals surface area contributed by atoms with Crippen LogP contribution in [-0.4, -0.2) is 94.9 Å². The Morgan fingerprint density at radius 2 is 1.82 bits per heavy atom. The summed E-state index contributed by atoms with van der Waals surface area (Å²) in [6.07, 6.45) is 10.7. The molecule has 12 heteroatoms. The number of pyridine rings is 1. The lowest BCUT2D eigenvalue weighted by atomic mass is 9.87. The van der Waals surface area contributed by atoms with Crippen LogP contribution in [0.4, 0.5) is 14.6 Å². The van der Waals surface area contributed by atoms with Gasteiger partial charge in [-0.25, -0.2) is 13.8 Å². The molecule has 2 aromatic carbocycles. The van der Waals surface area contributed by atoms with Crippen LogP contribution in [0.1, 0.15) is 37.7 Å². The van der Waals surface area contributed by atoms with Crippen molar-refractivity contribution in [2.75, 3.05) is 57.9 Å². The zero-order valence-corrected chi connectivity index (χ0v) is 27.8. The Morgan fingerprint density at radius 3 is 2.52 bits per heavy atom. The second-order valence-corrected chi connectivity index (χ2v) is 14.8. The van der Waals surface area contributed by atoms with Gasteiger partial charge in [0.25, 0.3) is 0 Å². The van der Waals surface area contributed by atoms with E-state index in [1.807, 2.05) is 0 Å². The van der Waals surface area contributed by atoms with E-state index in [1.165, 1.54) is 37.8 Å². The number of rotatable bonds is 10. The van der Waals surface area contributed by atoms with Crippen molar-refractivity contribution >= 4 is 27.5 Å². The van der Waals surface area contributed by atoms with E-state index in [1.54, 1.807) is 0 Å². The van der Waals surface area contributed by atoms with E-state index in [-0.39, 0.29) is 62.9 Å². The van der Waals surface area contributed by atoms with Crippen molar-refractivity contribution in [1.29, 1.82) is 5.26 Å². The summed E-state index contributed by atoms with van der Waals surface area (Å²) in [5, 5.41) is 20.8. The minimum absolute atomic E-state index is 0.0269. The molecule has 2 aliphatic carbocycles. The molecular weight excluding hydrogens is 640 g/mol. The Morgan fingerprint density at radius 1 is 1.04 bits per heavy atom. The molecule has 2 saturated carbocycles. The minimum Gasteiger partial charge on any atom is -0.508 e. The van der Waals surface area contributed by atoms with Crippen molar-refractivity contribution in [3.05, 3.63) is 41.5 Å². The molecule has 2 bridgehead atoms. The molecule has 10 rings (SSSR count). The first-order valence-corrected chi connectivity index (χ1v) is 17.4. The molecule has 4 saturated heterocycles. The van der Waals surface area contributed by atoms with Crippen LogP contribution in [0.2, 0.25) is 0 Å². The highest BCUT2D eigenvalue weighted by molar-refractivity contribution is 6.04. The van der Waals surface area contributed by atoms with Gasteiger partial charge in [0.15, 0.2) is 5.82 Å². The maximum atomic E-state index is 17.1. The summed E-state index contributed by atoms with van der Waals surface area (Å²) >= 11 is 0. The van der Waals surface area contributed by atoms with Crippen molar-refractivity contribution in [3.8, 4) is 47.3 Å². The lowest BCUT2D eigenvalue weighted by Crippen LogP contribution is -2.69. The number of ether oxygens (including phenoxy) is 2. The summed E-state index contributed by atoms with van der Waals surface area (Å²) in [5.41, 5.74) is -0.168. The number of aromatic nitrogens is 3. The third-order valence-electron chi connectivity index (χ3n) is 11.6. The molecular formula is C38H37F2N7O3. The fraction of sp³-hybridized carbons (Fsp3) is 0.474. The third-order valence-corrected chi connectivity index (χ3v) is 11.6. The van der Waals surface area contributed by atoms with Gasteiger partial charge in [0.2, 0.25) is 5.88 Å². The zero-order chi connectivity index (χ0) is 34.3. The first kappa shape index (κ1) is 31.2. The standard InChI is InChI=1S/C38H37F2N7O3/c1-3-27-29(39)6-5-21-12-26(48)14-28(30(21)27)33-32(40)34-31(36(42-33)49-2)35(46-17-24-13-25(18-46)47(24)10-4-9-41)44-37(43-34)50-20-38(7-8-38)19-45-15-22-11-23(22)16-45/h1,5-6,12,14,22-25,48H,4,7-8,10-11,13,15-20H2,2H3. The number of benzene rings is 2. The molecule has 4 aliphatic heterocycles. The van der Waals surface area contributed by atoms with Crippen molar-refractivity contribution in [2.24, 2.45) is 17.3 Å². The van der Waals surface area contributed by atoms with Gasteiger partial charge in [0.1, 0.15) is 34.0 Å². The topological polar surface area (TPSA) is 111 Å². The predicted octanol–water partition coefficient (Wildman–Crippen LogP) is 5.11. The average molecular weight is 678 g/mol. The number of likely N-dealkylation sites (tertiary alicyclic amines) is 1. The quantitative estimate of drug-likeness (QED) is 0.228. The lowest BCUT2D eigenvalue weighted by Gasteiger charge is -2.56. The molecule has 0 radical (unpaired) electrons. The SMILES string of the molecule is C#Cc1c(F)ccc2cc(O)cc(-c3nc(OC)c4c(N5CC6CC(C5)N6CCC#N)nc(OCC5(CN6CC7CC7C6)CC5)nc4c3F)c12. The van der Waals surface area contributed by atoms with Crippen LogP contribution in [0.5, 0.6) is 17.6 Å². The van der Waals surface area contributed by atoms with Crippen LogP contribution >= 0.6 is 0 Å². The fourth-order valence-electron chi connectivity index (χ4n) is 8.72. The number of halogens is 2. The van der Waals surface area contributed by atoms with E-state index in [0.29, 0.717) is 49.3 Å². The average Bonchev–Trinajstić information content (AvgIpc) is 4.03. The molecule has 2 aromatic heterocycles. The van der Waals surface area contributed by atoms with Gasteiger partial charge in [-0.1, -0.05) is 12.0 Å². The monoisotopic (exact) mass is 677 g/mol. The number of methoxy groups -OCH3 is 1. The lowest BCUT2D eigenvalue weighted by molar-refractivity contribution is 0.00130. The van der Waals surface area contributed by atoms with Crippen LogP contribution in [0, 0.1) is 52.6 Å². The molecule has 4 unspecified atom stereocenters. The number of phenolic OH excluding ortho intramolecular Hbond substituents is 1. The number of anilines is 1. The number of aromatic hydroxyl groups is 1. The molecule has 256 valence electrons. The number of hydrogen-bond donors (Lipinski definition) is 1. The zero-order valence-electron chi connectivity index (χ0n) is 27.8. The molecule has 4 atom stereocenters. The van der Waals surface area contributed by atoms with Gasteiger partial charge in [-0.05, 0) is 61.1 Å². The predicted molar refractivity (Wildman–Crippen MR) is 183 cm³/mol. The molecule has 1 N–H and O–H groups in total. The number of terminal acetylenes is 1. The highest BCUT2D eigenvalue weighted by Gasteiger charge is 2.51. The summed E-state index contributed by atoms with van der Waals surface area (Å²) in [6.45, 7) is 5.68. The summed E-state index contributed by atoms with van der Waals surface area (Å²) in [5.74, 6) is 3.05. The highest BCUT2D eigenvalue weighted by Crippen LogP contribution is 2.51. The second-order valence-electron chi connectivity index (χ2n) is 14.8. The van der Waals surface area contributed by atoms with Crippen molar-refractivity contribution in [3.63, 3.8) is 0 Å². The number of phenols is 1. The Hall–Kier alpha value is -4.78. The van der Waals surface area contributed by atoms with Crippen molar-refractivity contribution < 1.29 is 23.4 Å². The van der Waals surface area contributed by atoms with Gasteiger partial charge in [-0.3, -0.25) is 4.90 Å². The number of piperidine rings is 2. The first-order chi connectivity index (χ1) is 24.3. The second kappa shape index (κ2) is 11.6. The molecule has 6 aliphatic rings. The van der Waals surface area contributed by atoms with E-state index in [0.717, 1.165) is 50.7 Å². The summed E-state index contributed by atoms with van der Waals surface area (Å²) in [4.78, 5) is 21.2. The Bertz CT molecular complexity index is 2120. The number of hydrogen-bond acceptors (Lipinski definition) is 10. The summed E-state index contributed by atoms with van der Waals surface area (Å²) < 4.78 is 44.3. The maximum Gasteiger partial charge on any atom is 0.319 e. The first-order valence-electron chi connectivity index (χ1n) is 17.4. The molecule has 0 amide bonds. The van der Waals surface area contributed by atoms with Gasteiger partial charge >= 0.3 is 6.01 Å². The Kier molecular flexibility index (Phi) is 7.27. The van der Waals surface area contributed by atoms with E-state index in [2.05, 4.69) is 36.7 Å². The van der Waals surface area contributed by atoms with Crippen LogP contribution in [0.3, 0.4) is 0 Å². The molecule has 6 fully saturated rings. The van der Waals surface area contributed by atoms with Crippen LogP contribution < -0.4 is 14.4 Å². The number of nitrogens with zero attached hydrogens (tertiary/aromatic N) is 7. The van der Waals surface area contributed by atoms with E-state index in [4.69, 9.17) is 26.1 Å². The minimum atomic E-state index is -0.788. The van der Waals surface area contributed by atoms with Gasteiger partial charge in [-0.2, -0.15) is 15.2 Å². The van der Waals surface area contributed by atoms with Crippen LogP contribution in [-0.2, 0) is 0 Å². The van der Waals surface area contributed by atoms with E-state index >= 15 is 4.39 Å². The molecule has 50 heavy (non-hydrogen) atoms. The van der Waals surface area contributed by atoms with Gasteiger partial charge < -0.3 is 24.4 Å². The van der Waals surface area contributed by atoms with Gasteiger partial charge in [0.05, 0.1) is 25.3 Å². The largest absolute Gasteiger partial charge is 0.508 e. The third kappa shape index (κ3) is 5.16. The number of fused-ring (bicyclic) bond motifs is 5. The van der Waals surface area contributed by atoms with Gasteiger partial charge in [0, 0.05) is 74.1 Å². The summed E-state index contributed by atoms with van der Waals surface area (Å²) in [6, 6.07) is 8.25. The Labute approximate surface area is 288 Å². The molecule has 10 nitrogen and oxygen atoms in total. The maximum absolute atomic E-state index is 17.1. The van der Waals surface area contributed by atoms with Crippen molar-refractivity contribution in [1.82, 2.24) is 24.8 Å². The van der Waals surface area contributed by atoms with Crippen LogP contribution in [0.15, 0.2) is 24.3 Å². The van der Waals surface area contributed by atoms with Crippen molar-refractivity contribution in [2.45, 2.75) is 44.2 Å². The summed E-state index contributed by atoms with van der Waals surface area (Å²) in [7, 11) is 1.45. The van der Waals surface area contributed by atoms with E-state index < -0.39 is 11.6 Å². The Balaban J connectivity index is 1.15. The van der Waals surface area contributed by atoms with Crippen LogP contribution in [0.25, 0.3) is 32.9 Å². The smallest absolute Gasteiger partial charge is 0.319 e. The molecule has 6 heterocycles. The van der Waals surface area contributed by atoms with E-state index in [9.17, 15) is 9.50 Å². The normalized spacial score (nSPS) is 24.8. The molecule has 4 aromatic rings. The molecule has 0 spiro atoms. The number of nitriles is 1. The number of piperazine rings is 1. The fourth-order valence-corrected chi connectivity index (χ4v) is 8.72.